The van der Waals surface area contributed by atoms with Crippen molar-refractivity contribution in [2.45, 2.75) is 26.4 Å². The first-order chi connectivity index (χ1) is 8.67. The van der Waals surface area contributed by atoms with Gasteiger partial charge in [-0.2, -0.15) is 5.10 Å². The highest BCUT2D eigenvalue weighted by atomic mass is 79.9. The third kappa shape index (κ3) is 2.43. The van der Waals surface area contributed by atoms with Crippen LogP contribution in [0.1, 0.15) is 30.0 Å². The van der Waals surface area contributed by atoms with Gasteiger partial charge in [0, 0.05) is 12.7 Å². The van der Waals surface area contributed by atoms with Gasteiger partial charge in [0.2, 0.25) is 0 Å². The number of nitrogens with one attached hydrogen (secondary N) is 1. The molecular weight excluding hydrogens is 296 g/mol. The van der Waals surface area contributed by atoms with Gasteiger partial charge in [-0.05, 0) is 29.8 Å². The fourth-order valence-corrected chi connectivity index (χ4v) is 2.29. The molecule has 0 bridgehead atoms. The zero-order chi connectivity index (χ0) is 13.1. The van der Waals surface area contributed by atoms with Crippen LogP contribution in [-0.4, -0.2) is 19.7 Å². The van der Waals surface area contributed by atoms with Crippen LogP contribution in [0.3, 0.4) is 0 Å². The third-order valence-electron chi connectivity index (χ3n) is 2.67. The maximum absolute atomic E-state index is 5.65. The average Bonchev–Trinajstić information content (AvgIpc) is 2.74. The molecule has 6 nitrogen and oxygen atoms in total. The molecule has 2 rings (SSSR count). The molecular formula is C11H15BrN6. The first-order valence-corrected chi connectivity index (χ1v) is 6.42. The Morgan fingerprint density at radius 1 is 1.39 bits per heavy atom. The standard InChI is InChI=1S/C11H15BrN6/c1-3-18-11(8(12)5-16-18)10(17-13)9-6-14-7(2)4-15-9/h4-6,10,17H,3,13H2,1-2H3. The quantitative estimate of drug-likeness (QED) is 0.657. The van der Waals surface area contributed by atoms with Gasteiger partial charge in [-0.1, -0.05) is 0 Å². The SMILES string of the molecule is CCn1ncc(Br)c1C(NN)c1cnc(C)cn1. The summed E-state index contributed by atoms with van der Waals surface area (Å²) in [7, 11) is 0. The summed E-state index contributed by atoms with van der Waals surface area (Å²) in [6, 6.07) is -0.241. The number of hydrogen-bond donors (Lipinski definition) is 2. The molecule has 0 saturated heterocycles. The van der Waals surface area contributed by atoms with Gasteiger partial charge in [0.05, 0.1) is 33.9 Å². The molecule has 18 heavy (non-hydrogen) atoms. The minimum Gasteiger partial charge on any atom is -0.270 e. The van der Waals surface area contributed by atoms with Gasteiger partial charge in [-0.15, -0.1) is 0 Å². The van der Waals surface area contributed by atoms with E-state index in [0.717, 1.165) is 28.1 Å². The highest BCUT2D eigenvalue weighted by molar-refractivity contribution is 9.10. The van der Waals surface area contributed by atoms with Crippen LogP contribution in [-0.2, 0) is 6.54 Å². The second-order valence-corrected chi connectivity index (χ2v) is 4.73. The Morgan fingerprint density at radius 3 is 2.72 bits per heavy atom. The largest absolute Gasteiger partial charge is 0.270 e. The van der Waals surface area contributed by atoms with Crippen LogP contribution in [0.25, 0.3) is 0 Å². The normalized spacial score (nSPS) is 12.7. The number of nitrogens with two attached hydrogens (primary N) is 1. The number of aromatic nitrogens is 4. The van der Waals surface area contributed by atoms with Crippen molar-refractivity contribution < 1.29 is 0 Å². The molecule has 0 aromatic carbocycles. The van der Waals surface area contributed by atoms with E-state index in [2.05, 4.69) is 36.4 Å². The van der Waals surface area contributed by atoms with E-state index in [1.54, 1.807) is 18.6 Å². The van der Waals surface area contributed by atoms with Crippen molar-refractivity contribution in [3.63, 3.8) is 0 Å². The predicted molar refractivity (Wildman–Crippen MR) is 71.5 cm³/mol. The predicted octanol–water partition coefficient (Wildman–Crippen LogP) is 1.32. The summed E-state index contributed by atoms with van der Waals surface area (Å²) in [5, 5.41) is 4.27. The molecule has 0 spiro atoms. The van der Waals surface area contributed by atoms with Crippen molar-refractivity contribution >= 4 is 15.9 Å². The summed E-state index contributed by atoms with van der Waals surface area (Å²) in [6.45, 7) is 4.68. The van der Waals surface area contributed by atoms with Crippen molar-refractivity contribution in [2.24, 2.45) is 5.84 Å². The zero-order valence-electron chi connectivity index (χ0n) is 10.3. The molecule has 3 N–H and O–H groups in total. The van der Waals surface area contributed by atoms with Gasteiger partial charge < -0.3 is 0 Å². The molecule has 2 aromatic heterocycles. The Kier molecular flexibility index (Phi) is 4.05. The first-order valence-electron chi connectivity index (χ1n) is 5.63. The summed E-state index contributed by atoms with van der Waals surface area (Å²) >= 11 is 3.48. The summed E-state index contributed by atoms with van der Waals surface area (Å²) in [4.78, 5) is 8.59. The minimum atomic E-state index is -0.241. The second-order valence-electron chi connectivity index (χ2n) is 3.88. The van der Waals surface area contributed by atoms with Crippen molar-refractivity contribution in [3.8, 4) is 0 Å². The molecule has 0 aliphatic heterocycles. The number of halogens is 1. The van der Waals surface area contributed by atoms with Crippen LogP contribution in [0.2, 0.25) is 0 Å². The summed E-state index contributed by atoms with van der Waals surface area (Å²) in [6.07, 6.45) is 5.20. The molecule has 0 fully saturated rings. The van der Waals surface area contributed by atoms with E-state index in [9.17, 15) is 0 Å². The molecule has 2 heterocycles. The number of hydrogen-bond acceptors (Lipinski definition) is 5. The fourth-order valence-electron chi connectivity index (χ4n) is 1.77. The topological polar surface area (TPSA) is 81.7 Å². The van der Waals surface area contributed by atoms with E-state index >= 15 is 0 Å². The Hall–Kier alpha value is -1.31. The fraction of sp³-hybridized carbons (Fsp3) is 0.364. The monoisotopic (exact) mass is 310 g/mol. The maximum Gasteiger partial charge on any atom is 0.108 e. The Bertz CT molecular complexity index is 521. The summed E-state index contributed by atoms with van der Waals surface area (Å²) in [5.74, 6) is 5.65. The molecule has 1 unspecified atom stereocenters. The lowest BCUT2D eigenvalue weighted by Crippen LogP contribution is -2.31. The molecule has 0 saturated carbocycles. The Morgan fingerprint density at radius 2 is 2.17 bits per heavy atom. The van der Waals surface area contributed by atoms with Crippen LogP contribution < -0.4 is 11.3 Å². The van der Waals surface area contributed by atoms with Crippen LogP contribution in [0, 0.1) is 6.92 Å². The number of aryl methyl sites for hydroxylation is 2. The van der Waals surface area contributed by atoms with Crippen LogP contribution in [0.15, 0.2) is 23.1 Å². The minimum absolute atomic E-state index is 0.241. The van der Waals surface area contributed by atoms with Crippen LogP contribution in [0.5, 0.6) is 0 Å². The lowest BCUT2D eigenvalue weighted by Gasteiger charge is -2.17. The van der Waals surface area contributed by atoms with E-state index in [-0.39, 0.29) is 6.04 Å². The van der Waals surface area contributed by atoms with E-state index in [1.807, 2.05) is 18.5 Å². The van der Waals surface area contributed by atoms with Crippen LogP contribution >= 0.6 is 15.9 Å². The number of rotatable bonds is 4. The molecule has 1 atom stereocenters. The van der Waals surface area contributed by atoms with Crippen molar-refractivity contribution in [2.75, 3.05) is 0 Å². The van der Waals surface area contributed by atoms with E-state index in [4.69, 9.17) is 5.84 Å². The van der Waals surface area contributed by atoms with Crippen molar-refractivity contribution in [3.05, 3.63) is 40.1 Å². The van der Waals surface area contributed by atoms with Gasteiger partial charge in [-0.3, -0.25) is 20.5 Å². The number of hydrazine groups is 1. The van der Waals surface area contributed by atoms with Gasteiger partial charge in [-0.25, -0.2) is 5.43 Å². The molecule has 0 radical (unpaired) electrons. The molecule has 7 heteroatoms. The van der Waals surface area contributed by atoms with Gasteiger partial charge >= 0.3 is 0 Å². The van der Waals surface area contributed by atoms with Gasteiger partial charge in [0.25, 0.3) is 0 Å². The highest BCUT2D eigenvalue weighted by Gasteiger charge is 2.21. The van der Waals surface area contributed by atoms with Crippen LogP contribution in [0.4, 0.5) is 0 Å². The van der Waals surface area contributed by atoms with Crippen molar-refractivity contribution in [1.29, 1.82) is 0 Å². The average molecular weight is 311 g/mol. The second kappa shape index (κ2) is 5.55. The zero-order valence-corrected chi connectivity index (χ0v) is 11.8. The Balaban J connectivity index is 2.44. The maximum atomic E-state index is 5.65. The lowest BCUT2D eigenvalue weighted by molar-refractivity contribution is 0.532. The van der Waals surface area contributed by atoms with E-state index < -0.39 is 0 Å². The first kappa shape index (κ1) is 13.1. The molecule has 0 aliphatic carbocycles. The highest BCUT2D eigenvalue weighted by Crippen LogP contribution is 2.26. The van der Waals surface area contributed by atoms with E-state index in [0.29, 0.717) is 0 Å². The summed E-state index contributed by atoms with van der Waals surface area (Å²) < 4.78 is 2.77. The van der Waals surface area contributed by atoms with E-state index in [1.165, 1.54) is 0 Å². The molecule has 0 amide bonds. The van der Waals surface area contributed by atoms with Crippen molar-refractivity contribution in [1.82, 2.24) is 25.2 Å². The lowest BCUT2D eigenvalue weighted by atomic mass is 10.1. The van der Waals surface area contributed by atoms with Gasteiger partial charge in [0.1, 0.15) is 6.04 Å². The smallest absolute Gasteiger partial charge is 0.108 e. The summed E-state index contributed by atoms with van der Waals surface area (Å²) in [5.41, 5.74) is 5.34. The third-order valence-corrected chi connectivity index (χ3v) is 3.28. The van der Waals surface area contributed by atoms with Gasteiger partial charge in [0.15, 0.2) is 0 Å². The number of nitrogens with zero attached hydrogens (tertiary/aromatic N) is 4. The molecule has 2 aromatic rings. The Labute approximate surface area is 114 Å². The molecule has 96 valence electrons. The molecule has 0 aliphatic rings.